The van der Waals surface area contributed by atoms with Crippen molar-refractivity contribution < 1.29 is 4.39 Å². The van der Waals surface area contributed by atoms with E-state index in [1.807, 2.05) is 12.2 Å². The van der Waals surface area contributed by atoms with Gasteiger partial charge >= 0.3 is 0 Å². The lowest BCUT2D eigenvalue weighted by Crippen LogP contribution is -2.14. The van der Waals surface area contributed by atoms with E-state index in [0.717, 1.165) is 3.58 Å². The van der Waals surface area contributed by atoms with Gasteiger partial charge in [0.15, 0.2) is 0 Å². The average molecular weight is 238 g/mol. The van der Waals surface area contributed by atoms with Crippen molar-refractivity contribution in [2.24, 2.45) is 0 Å². The van der Waals surface area contributed by atoms with E-state index in [1.165, 1.54) is 0 Å². The smallest absolute Gasteiger partial charge is 0.131 e. The molecule has 0 nitrogen and oxygen atoms in total. The van der Waals surface area contributed by atoms with Crippen LogP contribution in [0, 0.1) is 0 Å². The summed E-state index contributed by atoms with van der Waals surface area (Å²) < 4.78 is 14.0. The number of alkyl halides is 1. The summed E-state index contributed by atoms with van der Waals surface area (Å²) >= 11 is 2.12. The van der Waals surface area contributed by atoms with E-state index in [4.69, 9.17) is 0 Å². The molecular weight excluding hydrogens is 230 g/mol. The van der Waals surface area contributed by atoms with E-state index in [-0.39, 0.29) is 0 Å². The van der Waals surface area contributed by atoms with Crippen molar-refractivity contribution in [3.63, 3.8) is 0 Å². The van der Waals surface area contributed by atoms with Gasteiger partial charge in [-0.3, -0.25) is 0 Å². The van der Waals surface area contributed by atoms with Gasteiger partial charge in [-0.25, -0.2) is 4.39 Å². The zero-order chi connectivity index (χ0) is 6.91. The van der Waals surface area contributed by atoms with Crippen LogP contribution in [0.4, 0.5) is 4.39 Å². The number of hydrogen-bond donors (Lipinski definition) is 0. The van der Waals surface area contributed by atoms with Gasteiger partial charge in [0, 0.05) is 10.0 Å². The predicted octanol–water partition coefficient (Wildman–Crippen LogP) is 2.99. The lowest BCUT2D eigenvalue weighted by Gasteiger charge is -2.16. The van der Waals surface area contributed by atoms with Gasteiger partial charge in [-0.1, -0.05) is 12.2 Å². The quantitative estimate of drug-likeness (QED) is 0.569. The van der Waals surface area contributed by atoms with Crippen LogP contribution in [0.1, 0.15) is 13.3 Å². The molecule has 0 aromatic carbocycles. The molecular formula is C7H8FI. The molecule has 1 rings (SSSR count). The number of rotatable bonds is 0. The molecule has 1 atom stereocenters. The maximum absolute atomic E-state index is 13.0. The second kappa shape index (κ2) is 2.40. The fourth-order valence-electron chi connectivity index (χ4n) is 0.796. The fourth-order valence-corrected chi connectivity index (χ4v) is 1.70. The summed E-state index contributed by atoms with van der Waals surface area (Å²) in [6.45, 7) is 1.59. The lowest BCUT2D eigenvalue weighted by atomic mass is 10.0. The Morgan fingerprint density at radius 1 is 1.78 bits per heavy atom. The molecule has 0 radical (unpaired) electrons. The second-order valence-corrected chi connectivity index (χ2v) is 3.66. The molecule has 0 saturated carbocycles. The summed E-state index contributed by atoms with van der Waals surface area (Å²) in [5.41, 5.74) is -1.11. The molecule has 0 aromatic rings. The first-order valence-corrected chi connectivity index (χ1v) is 3.92. The molecule has 0 aromatic heterocycles. The fraction of sp³-hybridized carbons (Fsp3) is 0.429. The largest absolute Gasteiger partial charge is 0.239 e. The SMILES string of the molecule is CC1(F)C=C(I)C=CC1. The third kappa shape index (κ3) is 2.08. The highest BCUT2D eigenvalue weighted by atomic mass is 127. The lowest BCUT2D eigenvalue weighted by molar-refractivity contribution is 0.259. The van der Waals surface area contributed by atoms with Crippen molar-refractivity contribution in [2.75, 3.05) is 0 Å². The zero-order valence-electron chi connectivity index (χ0n) is 5.20. The highest BCUT2D eigenvalue weighted by molar-refractivity contribution is 14.1. The van der Waals surface area contributed by atoms with Crippen molar-refractivity contribution in [3.8, 4) is 0 Å². The average Bonchev–Trinajstić information content (AvgIpc) is 1.60. The molecule has 0 aliphatic heterocycles. The minimum atomic E-state index is -1.11. The molecule has 0 heterocycles. The van der Waals surface area contributed by atoms with E-state index < -0.39 is 5.67 Å². The molecule has 1 aliphatic carbocycles. The summed E-state index contributed by atoms with van der Waals surface area (Å²) in [6, 6.07) is 0. The summed E-state index contributed by atoms with van der Waals surface area (Å²) in [5, 5.41) is 0. The second-order valence-electron chi connectivity index (χ2n) is 2.41. The van der Waals surface area contributed by atoms with Crippen molar-refractivity contribution in [1.29, 1.82) is 0 Å². The number of hydrogen-bond acceptors (Lipinski definition) is 0. The highest BCUT2D eigenvalue weighted by Gasteiger charge is 2.20. The van der Waals surface area contributed by atoms with E-state index in [2.05, 4.69) is 22.6 Å². The van der Waals surface area contributed by atoms with Gasteiger partial charge < -0.3 is 0 Å². The van der Waals surface area contributed by atoms with Gasteiger partial charge in [-0.15, -0.1) is 0 Å². The van der Waals surface area contributed by atoms with Gasteiger partial charge in [-0.2, -0.15) is 0 Å². The molecule has 1 aliphatic rings. The first-order chi connectivity index (χ1) is 4.10. The Balaban J connectivity index is 2.78. The normalized spacial score (nSPS) is 34.3. The molecule has 1 unspecified atom stereocenters. The zero-order valence-corrected chi connectivity index (χ0v) is 7.35. The number of allylic oxidation sites excluding steroid dienone is 4. The standard InChI is InChI=1S/C7H8FI/c1-7(8)4-2-3-6(9)5-7/h2-3,5H,4H2,1H3. The van der Waals surface area contributed by atoms with Crippen LogP contribution in [0.5, 0.6) is 0 Å². The maximum atomic E-state index is 13.0. The third-order valence-corrected chi connectivity index (χ3v) is 1.90. The van der Waals surface area contributed by atoms with E-state index in [0.29, 0.717) is 6.42 Å². The van der Waals surface area contributed by atoms with Crippen LogP contribution in [0.3, 0.4) is 0 Å². The van der Waals surface area contributed by atoms with Crippen molar-refractivity contribution >= 4 is 22.6 Å². The van der Waals surface area contributed by atoms with Crippen LogP contribution in [-0.4, -0.2) is 5.67 Å². The Bertz CT molecular complexity index is 168. The molecule has 0 spiro atoms. The van der Waals surface area contributed by atoms with E-state index >= 15 is 0 Å². The van der Waals surface area contributed by atoms with Crippen LogP contribution < -0.4 is 0 Å². The predicted molar refractivity (Wildman–Crippen MR) is 45.4 cm³/mol. The van der Waals surface area contributed by atoms with E-state index in [9.17, 15) is 4.39 Å². The highest BCUT2D eigenvalue weighted by Crippen LogP contribution is 2.27. The van der Waals surface area contributed by atoms with Gasteiger partial charge in [0.25, 0.3) is 0 Å². The third-order valence-electron chi connectivity index (χ3n) is 1.23. The summed E-state index contributed by atoms with van der Waals surface area (Å²) in [6.07, 6.45) is 5.96. The van der Waals surface area contributed by atoms with Gasteiger partial charge in [-0.05, 0) is 35.6 Å². The minimum Gasteiger partial charge on any atom is -0.239 e. The van der Waals surface area contributed by atoms with Crippen LogP contribution in [-0.2, 0) is 0 Å². The van der Waals surface area contributed by atoms with Gasteiger partial charge in [0.2, 0.25) is 0 Å². The molecule has 0 fully saturated rings. The molecule has 0 amide bonds. The van der Waals surface area contributed by atoms with Crippen molar-refractivity contribution in [3.05, 3.63) is 21.8 Å². The van der Waals surface area contributed by atoms with Crippen LogP contribution in [0.15, 0.2) is 21.8 Å². The van der Waals surface area contributed by atoms with Crippen LogP contribution >= 0.6 is 22.6 Å². The Labute approximate surface area is 68.0 Å². The molecule has 0 saturated heterocycles. The van der Waals surface area contributed by atoms with Crippen LogP contribution in [0.2, 0.25) is 0 Å². The number of halogens is 2. The van der Waals surface area contributed by atoms with Crippen LogP contribution in [0.25, 0.3) is 0 Å². The Morgan fingerprint density at radius 2 is 2.44 bits per heavy atom. The maximum Gasteiger partial charge on any atom is 0.131 e. The van der Waals surface area contributed by atoms with E-state index in [1.54, 1.807) is 13.0 Å². The first kappa shape index (κ1) is 7.25. The summed E-state index contributed by atoms with van der Waals surface area (Å²) in [5.74, 6) is 0. The minimum absolute atomic E-state index is 0.513. The first-order valence-electron chi connectivity index (χ1n) is 2.84. The Morgan fingerprint density at radius 3 is 2.78 bits per heavy atom. The summed E-state index contributed by atoms with van der Waals surface area (Å²) in [7, 11) is 0. The van der Waals surface area contributed by atoms with Gasteiger partial charge in [0.05, 0.1) is 0 Å². The monoisotopic (exact) mass is 238 g/mol. The molecule has 0 N–H and O–H groups in total. The molecule has 50 valence electrons. The molecule has 2 heteroatoms. The van der Waals surface area contributed by atoms with Crippen molar-refractivity contribution in [2.45, 2.75) is 19.0 Å². The molecule has 0 bridgehead atoms. The summed E-state index contributed by atoms with van der Waals surface area (Å²) in [4.78, 5) is 0. The topological polar surface area (TPSA) is 0 Å². The van der Waals surface area contributed by atoms with Crippen molar-refractivity contribution in [1.82, 2.24) is 0 Å². The Kier molecular flexibility index (Phi) is 1.94. The Hall–Kier alpha value is 0.140. The molecule has 9 heavy (non-hydrogen) atoms. The van der Waals surface area contributed by atoms with Gasteiger partial charge in [0.1, 0.15) is 5.67 Å².